The van der Waals surface area contributed by atoms with Crippen molar-refractivity contribution in [3.8, 4) is 0 Å². The molecule has 4 aromatic rings. The second-order valence-corrected chi connectivity index (χ2v) is 7.07. The van der Waals surface area contributed by atoms with Gasteiger partial charge in [-0.3, -0.25) is 14.0 Å². The second kappa shape index (κ2) is 7.92. The van der Waals surface area contributed by atoms with Crippen LogP contribution in [0, 0.1) is 6.92 Å². The van der Waals surface area contributed by atoms with Gasteiger partial charge in [0.05, 0.1) is 13.2 Å². The molecule has 1 amide bonds. The summed E-state index contributed by atoms with van der Waals surface area (Å²) in [5, 5.41) is 12.6. The lowest BCUT2D eigenvalue weighted by molar-refractivity contribution is -0.660. The number of hydrogen-bond acceptors (Lipinski definition) is 5. The number of aryl methyl sites for hydroxylation is 1. The maximum absolute atomic E-state index is 13.0. The molecule has 0 atom stereocenters. The molecule has 3 aromatic heterocycles. The molecule has 0 saturated heterocycles. The summed E-state index contributed by atoms with van der Waals surface area (Å²) in [6, 6.07) is 14.5. The van der Waals surface area contributed by atoms with E-state index in [2.05, 4.69) is 10.3 Å². The van der Waals surface area contributed by atoms with Crippen LogP contribution in [0.15, 0.2) is 59.5 Å². The van der Waals surface area contributed by atoms with Crippen LogP contribution in [0.4, 0.5) is 5.82 Å². The van der Waals surface area contributed by atoms with Gasteiger partial charge in [-0.1, -0.05) is 40.9 Å². The Morgan fingerprint density at radius 3 is 2.73 bits per heavy atom. The summed E-state index contributed by atoms with van der Waals surface area (Å²) in [5.41, 5.74) is 8.98. The van der Waals surface area contributed by atoms with Crippen molar-refractivity contribution in [2.45, 2.75) is 20.0 Å². The molecule has 4 N–H and O–H groups in total. The molecule has 0 radical (unpaired) electrons. The van der Waals surface area contributed by atoms with Gasteiger partial charge in [0, 0.05) is 12.7 Å². The van der Waals surface area contributed by atoms with Crippen LogP contribution in [-0.4, -0.2) is 27.0 Å². The fourth-order valence-electron chi connectivity index (χ4n) is 3.39. The molecular formula is C22H22N5O3+. The lowest BCUT2D eigenvalue weighted by Crippen LogP contribution is -2.44. The maximum Gasteiger partial charge on any atom is 0.278 e. The zero-order valence-corrected chi connectivity index (χ0v) is 16.5. The van der Waals surface area contributed by atoms with Crippen LogP contribution in [0.2, 0.25) is 0 Å². The largest absolute Gasteiger partial charge is 0.393 e. The van der Waals surface area contributed by atoms with Gasteiger partial charge in [0.1, 0.15) is 10.9 Å². The number of aliphatic hydroxyl groups is 1. The predicted octanol–water partition coefficient (Wildman–Crippen LogP) is 0.948. The molecule has 8 nitrogen and oxygen atoms in total. The van der Waals surface area contributed by atoms with E-state index in [0.29, 0.717) is 17.8 Å². The van der Waals surface area contributed by atoms with Crippen LogP contribution in [0.5, 0.6) is 0 Å². The van der Waals surface area contributed by atoms with E-state index >= 15 is 0 Å². The van der Waals surface area contributed by atoms with Crippen molar-refractivity contribution in [2.24, 2.45) is 0 Å². The predicted molar refractivity (Wildman–Crippen MR) is 113 cm³/mol. The van der Waals surface area contributed by atoms with Gasteiger partial charge in [0.15, 0.2) is 0 Å². The fraction of sp³-hybridized carbons (Fsp3) is 0.182. The van der Waals surface area contributed by atoms with Gasteiger partial charge in [0.25, 0.3) is 17.1 Å². The number of benzene rings is 1. The summed E-state index contributed by atoms with van der Waals surface area (Å²) < 4.78 is 2.92. The number of pyridine rings is 2. The topological polar surface area (TPSA) is 114 Å². The number of nitrogens with two attached hydrogens (primary N) is 1. The second-order valence-electron chi connectivity index (χ2n) is 7.07. The first-order valence-corrected chi connectivity index (χ1v) is 9.57. The highest BCUT2D eigenvalue weighted by molar-refractivity contribution is 6.00. The number of fused-ring (bicyclic) bond motifs is 2. The quantitative estimate of drug-likeness (QED) is 0.339. The van der Waals surface area contributed by atoms with Crippen LogP contribution in [-0.2, 0) is 13.1 Å². The number of carbonyl (C=O) groups is 1. The minimum atomic E-state index is -0.403. The highest BCUT2D eigenvalue weighted by Crippen LogP contribution is 2.15. The van der Waals surface area contributed by atoms with E-state index in [9.17, 15) is 14.7 Å². The van der Waals surface area contributed by atoms with Crippen LogP contribution in [0.1, 0.15) is 21.5 Å². The number of rotatable bonds is 5. The minimum Gasteiger partial charge on any atom is -0.393 e. The summed E-state index contributed by atoms with van der Waals surface area (Å²) in [6.45, 7) is 2.21. The number of aliphatic hydroxyl groups excluding tert-OH is 1. The number of aromatic nitrogens is 3. The maximum atomic E-state index is 13.0. The molecule has 0 bridgehead atoms. The Bertz CT molecular complexity index is 1310. The molecule has 152 valence electrons. The van der Waals surface area contributed by atoms with Crippen LogP contribution in [0.25, 0.3) is 16.7 Å². The van der Waals surface area contributed by atoms with Gasteiger partial charge >= 0.3 is 0 Å². The van der Waals surface area contributed by atoms with E-state index in [1.165, 1.54) is 15.0 Å². The molecule has 0 fully saturated rings. The zero-order chi connectivity index (χ0) is 21.3. The normalized spacial score (nSPS) is 11.1. The van der Waals surface area contributed by atoms with Crippen molar-refractivity contribution >= 4 is 28.4 Å². The number of carbonyl (C=O) groups excluding carboxylic acids is 1. The molecule has 0 spiro atoms. The third-order valence-corrected chi connectivity index (χ3v) is 5.00. The Morgan fingerprint density at radius 1 is 1.23 bits per heavy atom. The Labute approximate surface area is 172 Å². The van der Waals surface area contributed by atoms with Crippen molar-refractivity contribution in [2.75, 3.05) is 12.3 Å². The number of nitrogens with one attached hydrogen (secondary N) is 1. The standard InChI is InChI=1S/C22H21N5O3/c1-14-5-7-15(8-6-14)13-24-21(29)16-12-17-20(27(10-11-28)19(16)23)25-18-4-2-3-9-26(18)22(17)30/h2-9,12,23,28H,10-11,13H2,1H3,(H,24,29)/p+1. The van der Waals surface area contributed by atoms with Crippen LogP contribution in [0.3, 0.4) is 0 Å². The summed E-state index contributed by atoms with van der Waals surface area (Å²) in [7, 11) is 0. The zero-order valence-electron chi connectivity index (χ0n) is 16.5. The molecule has 0 aliphatic carbocycles. The van der Waals surface area contributed by atoms with Crippen molar-refractivity contribution in [1.29, 1.82) is 0 Å². The minimum absolute atomic E-state index is 0.108. The van der Waals surface area contributed by atoms with E-state index in [4.69, 9.17) is 5.73 Å². The van der Waals surface area contributed by atoms with Gasteiger partial charge in [0.2, 0.25) is 11.5 Å². The van der Waals surface area contributed by atoms with Gasteiger partial charge in [-0.15, -0.1) is 0 Å². The molecular weight excluding hydrogens is 382 g/mol. The molecule has 0 aliphatic heterocycles. The Kier molecular flexibility index (Phi) is 5.16. The molecule has 4 rings (SSSR count). The van der Waals surface area contributed by atoms with Gasteiger partial charge in [-0.2, -0.15) is 0 Å². The molecule has 0 aliphatic rings. The molecule has 30 heavy (non-hydrogen) atoms. The number of nitrogen functional groups attached to an aromatic ring is 1. The van der Waals surface area contributed by atoms with Crippen LogP contribution >= 0.6 is 0 Å². The van der Waals surface area contributed by atoms with Gasteiger partial charge in [-0.05, 0) is 30.7 Å². The molecule has 0 saturated carbocycles. The van der Waals surface area contributed by atoms with Crippen LogP contribution < -0.4 is 21.2 Å². The molecule has 8 heteroatoms. The third-order valence-electron chi connectivity index (χ3n) is 5.00. The lowest BCUT2D eigenvalue weighted by atomic mass is 10.1. The number of anilines is 1. The Hall–Kier alpha value is -3.78. The van der Waals surface area contributed by atoms with Gasteiger partial charge < -0.3 is 16.2 Å². The van der Waals surface area contributed by atoms with Crippen molar-refractivity contribution in [3.63, 3.8) is 0 Å². The first-order valence-electron chi connectivity index (χ1n) is 9.57. The lowest BCUT2D eigenvalue weighted by Gasteiger charge is -2.12. The third kappa shape index (κ3) is 3.48. The van der Waals surface area contributed by atoms with Crippen molar-refractivity contribution in [1.82, 2.24) is 14.7 Å². The number of hydrogen-bond donors (Lipinski definition) is 3. The molecule has 3 heterocycles. The Balaban J connectivity index is 1.80. The monoisotopic (exact) mass is 404 g/mol. The van der Waals surface area contributed by atoms with E-state index in [-0.39, 0.29) is 35.5 Å². The van der Waals surface area contributed by atoms with E-state index in [1.807, 2.05) is 31.2 Å². The van der Waals surface area contributed by atoms with E-state index in [0.717, 1.165) is 11.1 Å². The smallest absolute Gasteiger partial charge is 0.278 e. The first kappa shape index (κ1) is 19.5. The van der Waals surface area contributed by atoms with Crippen molar-refractivity contribution < 1.29 is 14.5 Å². The molecule has 1 aromatic carbocycles. The highest BCUT2D eigenvalue weighted by Gasteiger charge is 2.24. The van der Waals surface area contributed by atoms with Crippen molar-refractivity contribution in [3.05, 3.63) is 81.8 Å². The summed E-state index contributed by atoms with van der Waals surface area (Å²) in [6.07, 6.45) is 1.62. The summed E-state index contributed by atoms with van der Waals surface area (Å²) >= 11 is 0. The Morgan fingerprint density at radius 2 is 2.00 bits per heavy atom. The fourth-order valence-corrected chi connectivity index (χ4v) is 3.39. The average molecular weight is 404 g/mol. The first-order chi connectivity index (χ1) is 14.5. The van der Waals surface area contributed by atoms with Gasteiger partial charge in [-0.25, -0.2) is 4.57 Å². The SMILES string of the molecule is Cc1ccc(CNC(=O)c2cc3c(=O)n4ccccc4nc3[n+](CCO)c2N)cc1. The molecule has 0 unspecified atom stereocenters. The average Bonchev–Trinajstić information content (AvgIpc) is 2.75. The number of amides is 1. The number of nitrogens with zero attached hydrogens (tertiary/aromatic N) is 3. The van der Waals surface area contributed by atoms with E-state index < -0.39 is 5.91 Å². The highest BCUT2D eigenvalue weighted by atomic mass is 16.3. The van der Waals surface area contributed by atoms with E-state index in [1.54, 1.807) is 24.4 Å². The summed E-state index contributed by atoms with van der Waals surface area (Å²) in [4.78, 5) is 30.4. The summed E-state index contributed by atoms with van der Waals surface area (Å²) in [5.74, 6) is -0.260.